The van der Waals surface area contributed by atoms with Gasteiger partial charge in [0.1, 0.15) is 5.78 Å². The van der Waals surface area contributed by atoms with E-state index in [-0.39, 0.29) is 60.9 Å². The summed E-state index contributed by atoms with van der Waals surface area (Å²) in [5.74, 6) is -1.81. The first-order valence-electron chi connectivity index (χ1n) is 14.1. The zero-order valence-electron chi connectivity index (χ0n) is 23.9. The average Bonchev–Trinajstić information content (AvgIpc) is 2.95. The molecule has 2 N–H and O–H groups in total. The molecule has 3 atom stereocenters. The van der Waals surface area contributed by atoms with E-state index in [0.29, 0.717) is 36.8 Å². The van der Waals surface area contributed by atoms with Crippen molar-refractivity contribution in [2.24, 2.45) is 11.8 Å². The molecule has 0 bridgehead atoms. The molecule has 2 aromatic carbocycles. The number of amides is 1. The Kier molecular flexibility index (Phi) is 14.3. The van der Waals surface area contributed by atoms with Crippen molar-refractivity contribution in [3.05, 3.63) is 83.0 Å². The Balaban J connectivity index is 1.87. The maximum atomic E-state index is 13.8. The highest BCUT2D eigenvalue weighted by atomic mass is 35.5. The maximum absolute atomic E-state index is 13.8. The number of ketones is 2. The van der Waals surface area contributed by atoms with Crippen molar-refractivity contribution in [3.63, 3.8) is 0 Å². The molecule has 0 saturated carbocycles. The number of rotatable bonds is 6. The minimum absolute atomic E-state index is 0.0177. The van der Waals surface area contributed by atoms with E-state index in [1.165, 1.54) is 6.92 Å². The third kappa shape index (κ3) is 12.1. The summed E-state index contributed by atoms with van der Waals surface area (Å²) < 4.78 is 11.2. The summed E-state index contributed by atoms with van der Waals surface area (Å²) in [5.41, 5.74) is 2.35. The van der Waals surface area contributed by atoms with Crippen LogP contribution in [0.25, 0.3) is 0 Å². The van der Waals surface area contributed by atoms with Gasteiger partial charge in [-0.25, -0.2) is 0 Å². The average molecular weight is 615 g/mol. The number of Topliss-reactive ketones (excluding diaryl/α,β-unsaturated/α-hetero) is 2. The number of carbonyl (C=O) groups excluding carboxylic acids is 4. The number of nitrogens with one attached hydrogen (secondary N) is 2. The number of thioether (sulfide) groups is 1. The Morgan fingerprint density at radius 3 is 2.45 bits per heavy atom. The van der Waals surface area contributed by atoms with E-state index in [4.69, 9.17) is 21.1 Å². The second-order valence-corrected chi connectivity index (χ2v) is 11.8. The third-order valence-electron chi connectivity index (χ3n) is 6.73. The van der Waals surface area contributed by atoms with Crippen LogP contribution >= 0.6 is 23.4 Å². The second kappa shape index (κ2) is 17.9. The lowest BCUT2D eigenvalue weighted by atomic mass is 9.91. The molecule has 0 spiro atoms. The summed E-state index contributed by atoms with van der Waals surface area (Å²) in [5, 5.41) is 6.35. The van der Waals surface area contributed by atoms with Crippen LogP contribution in [0.4, 0.5) is 0 Å². The maximum Gasteiger partial charge on any atom is 0.224 e. The quantitative estimate of drug-likeness (QED) is 0.498. The van der Waals surface area contributed by atoms with Crippen LogP contribution in [0.1, 0.15) is 30.9 Å². The molecule has 0 aliphatic carbocycles. The van der Waals surface area contributed by atoms with Gasteiger partial charge in [-0.15, -0.1) is 0 Å². The normalized spacial score (nSPS) is 22.3. The fourth-order valence-corrected chi connectivity index (χ4v) is 5.89. The van der Waals surface area contributed by atoms with E-state index in [1.54, 1.807) is 12.1 Å². The van der Waals surface area contributed by atoms with E-state index in [2.05, 4.69) is 17.2 Å². The molecule has 3 rings (SSSR count). The van der Waals surface area contributed by atoms with Gasteiger partial charge in [-0.3, -0.25) is 14.4 Å². The first-order valence-corrected chi connectivity index (χ1v) is 15.4. The Morgan fingerprint density at radius 2 is 1.71 bits per heavy atom. The Hall–Kier alpha value is -2.98. The van der Waals surface area contributed by atoms with E-state index in [1.807, 2.05) is 42.5 Å². The van der Waals surface area contributed by atoms with Crippen molar-refractivity contribution < 1.29 is 28.7 Å². The summed E-state index contributed by atoms with van der Waals surface area (Å²) in [6.07, 6.45) is 0.716. The van der Waals surface area contributed by atoms with E-state index < -0.39 is 17.9 Å². The first-order chi connectivity index (χ1) is 20.2. The molecular formula is C32H39ClN2O6S. The van der Waals surface area contributed by atoms with Gasteiger partial charge in [0, 0.05) is 41.8 Å². The number of hydrogen-bond acceptors (Lipinski definition) is 8. The molecule has 2 aromatic rings. The van der Waals surface area contributed by atoms with Crippen LogP contribution in [0.15, 0.2) is 66.9 Å². The van der Waals surface area contributed by atoms with Gasteiger partial charge in [-0.2, -0.15) is 0 Å². The van der Waals surface area contributed by atoms with Crippen LogP contribution in [0.3, 0.4) is 0 Å². The first kappa shape index (κ1) is 33.5. The minimum atomic E-state index is -0.680. The standard InChI is InChI=1S/C32H39ClN2O6S/c1-22-20-41-14-13-40-12-11-34-31(38)27(15-23(2)36)21-42-32(39)26(16-25-9-6-10-28(33)17-25)19-30(37)29(35-22)18-24-7-4-3-5-8-24/h3-10,17,26-27,29,35H,1,11-16,18-21H2,2H3,(H,34,38)/t26-,27+,29+/m1/s1. The van der Waals surface area contributed by atoms with Gasteiger partial charge in [-0.05, 0) is 43.0 Å². The van der Waals surface area contributed by atoms with Crippen LogP contribution in [0.2, 0.25) is 5.02 Å². The Labute approximate surface area is 256 Å². The van der Waals surface area contributed by atoms with Crippen LogP contribution in [-0.2, 0) is 41.5 Å². The fourth-order valence-electron chi connectivity index (χ4n) is 4.64. The van der Waals surface area contributed by atoms with E-state index in [9.17, 15) is 19.2 Å². The van der Waals surface area contributed by atoms with Gasteiger partial charge in [0.05, 0.1) is 38.4 Å². The lowest BCUT2D eigenvalue weighted by Gasteiger charge is -2.23. The van der Waals surface area contributed by atoms with Gasteiger partial charge in [-0.1, -0.05) is 72.4 Å². The molecule has 226 valence electrons. The number of hydrogen-bond donors (Lipinski definition) is 2. The summed E-state index contributed by atoms with van der Waals surface area (Å²) in [4.78, 5) is 52.2. The molecule has 0 unspecified atom stereocenters. The topological polar surface area (TPSA) is 111 Å². The Morgan fingerprint density at radius 1 is 0.976 bits per heavy atom. The van der Waals surface area contributed by atoms with Crippen molar-refractivity contribution in [1.29, 1.82) is 0 Å². The van der Waals surface area contributed by atoms with Gasteiger partial charge in [0.25, 0.3) is 0 Å². The monoisotopic (exact) mass is 614 g/mol. The molecule has 10 heteroatoms. The van der Waals surface area contributed by atoms with Crippen molar-refractivity contribution in [2.45, 2.75) is 38.6 Å². The number of halogens is 1. The Bertz CT molecular complexity index is 1220. The molecular weight excluding hydrogens is 576 g/mol. The van der Waals surface area contributed by atoms with Gasteiger partial charge in [0.2, 0.25) is 5.91 Å². The smallest absolute Gasteiger partial charge is 0.224 e. The summed E-state index contributed by atoms with van der Waals surface area (Å²) in [6, 6.07) is 16.2. The summed E-state index contributed by atoms with van der Waals surface area (Å²) >= 11 is 7.20. The zero-order chi connectivity index (χ0) is 30.3. The molecule has 0 aromatic heterocycles. The predicted molar refractivity (Wildman–Crippen MR) is 165 cm³/mol. The molecule has 1 amide bonds. The molecule has 8 nitrogen and oxygen atoms in total. The molecule has 0 radical (unpaired) electrons. The van der Waals surface area contributed by atoms with Crippen LogP contribution in [0, 0.1) is 11.8 Å². The largest absolute Gasteiger partial charge is 0.377 e. The number of ether oxygens (including phenoxy) is 2. The minimum Gasteiger partial charge on any atom is -0.377 e. The van der Waals surface area contributed by atoms with Crippen molar-refractivity contribution in [1.82, 2.24) is 10.6 Å². The highest BCUT2D eigenvalue weighted by Gasteiger charge is 2.30. The zero-order valence-corrected chi connectivity index (χ0v) is 25.5. The molecule has 1 aliphatic heterocycles. The van der Waals surface area contributed by atoms with E-state index >= 15 is 0 Å². The highest BCUT2D eigenvalue weighted by Crippen LogP contribution is 2.25. The fraction of sp³-hybridized carbons (Fsp3) is 0.438. The molecule has 1 heterocycles. The molecule has 42 heavy (non-hydrogen) atoms. The SMILES string of the molecule is C=C1COCCOCCNC(=O)[C@@H](CC(C)=O)CSC(=O)[C@H](Cc2cccc(Cl)c2)CC(=O)[C@H](Cc2ccccc2)N1. The van der Waals surface area contributed by atoms with Gasteiger partial charge >= 0.3 is 0 Å². The van der Waals surface area contributed by atoms with Crippen molar-refractivity contribution in [2.75, 3.05) is 38.7 Å². The molecule has 1 saturated heterocycles. The molecule has 1 aliphatic rings. The number of benzene rings is 2. The second-order valence-electron chi connectivity index (χ2n) is 10.4. The van der Waals surface area contributed by atoms with E-state index in [0.717, 1.165) is 22.9 Å². The van der Waals surface area contributed by atoms with Crippen molar-refractivity contribution >= 4 is 46.0 Å². The van der Waals surface area contributed by atoms with Gasteiger partial charge < -0.3 is 24.9 Å². The predicted octanol–water partition coefficient (Wildman–Crippen LogP) is 4.19. The van der Waals surface area contributed by atoms with Crippen LogP contribution < -0.4 is 10.6 Å². The van der Waals surface area contributed by atoms with Crippen LogP contribution in [0.5, 0.6) is 0 Å². The van der Waals surface area contributed by atoms with Crippen molar-refractivity contribution in [3.8, 4) is 0 Å². The highest BCUT2D eigenvalue weighted by molar-refractivity contribution is 8.13. The van der Waals surface area contributed by atoms with Gasteiger partial charge in [0.15, 0.2) is 10.9 Å². The molecule has 1 fully saturated rings. The summed E-state index contributed by atoms with van der Waals surface area (Å²) in [6.45, 7) is 6.84. The number of carbonyl (C=O) groups is 4. The van der Waals surface area contributed by atoms with Crippen LogP contribution in [-0.4, -0.2) is 67.4 Å². The lowest BCUT2D eigenvalue weighted by Crippen LogP contribution is -2.40. The third-order valence-corrected chi connectivity index (χ3v) is 8.15. The summed E-state index contributed by atoms with van der Waals surface area (Å²) in [7, 11) is 0. The lowest BCUT2D eigenvalue weighted by molar-refractivity contribution is -0.128.